The number of hydrogen-bond donors (Lipinski definition) is 2. The highest BCUT2D eigenvalue weighted by Crippen LogP contribution is 2.35. The fraction of sp³-hybridized carbons (Fsp3) is 0.875. The first-order valence-corrected chi connectivity index (χ1v) is 8.30. The number of amides is 2. The number of rotatable bonds is 5. The van der Waals surface area contributed by atoms with Crippen LogP contribution in [0.4, 0.5) is 4.79 Å². The summed E-state index contributed by atoms with van der Waals surface area (Å²) in [7, 11) is 0. The van der Waals surface area contributed by atoms with Gasteiger partial charge in [0.15, 0.2) is 0 Å². The van der Waals surface area contributed by atoms with Crippen molar-refractivity contribution in [2.75, 3.05) is 6.54 Å². The van der Waals surface area contributed by atoms with Crippen LogP contribution in [0.5, 0.6) is 0 Å². The molecular weight excluding hydrogens is 268 g/mol. The van der Waals surface area contributed by atoms with Crippen LogP contribution < -0.4 is 5.32 Å². The SMILES string of the molecule is CCCC(C)(NC(=O)N1CCCC1C1CCCC1)C(=O)O. The average molecular weight is 296 g/mol. The Morgan fingerprint density at radius 1 is 1.24 bits per heavy atom. The predicted molar refractivity (Wildman–Crippen MR) is 81.2 cm³/mol. The minimum atomic E-state index is -1.16. The Bertz CT molecular complexity index is 393. The molecule has 0 radical (unpaired) electrons. The number of urea groups is 1. The summed E-state index contributed by atoms with van der Waals surface area (Å²) in [5, 5.41) is 12.2. The topological polar surface area (TPSA) is 69.6 Å². The molecule has 0 aromatic carbocycles. The third kappa shape index (κ3) is 3.50. The van der Waals surface area contributed by atoms with Crippen molar-refractivity contribution in [1.82, 2.24) is 10.2 Å². The van der Waals surface area contributed by atoms with Crippen LogP contribution in [-0.2, 0) is 4.79 Å². The monoisotopic (exact) mass is 296 g/mol. The molecule has 1 saturated heterocycles. The van der Waals surface area contributed by atoms with Crippen LogP contribution in [0.1, 0.15) is 65.2 Å². The van der Waals surface area contributed by atoms with Gasteiger partial charge in [-0.25, -0.2) is 9.59 Å². The second-order valence-electron chi connectivity index (χ2n) is 6.76. The number of nitrogens with one attached hydrogen (secondary N) is 1. The van der Waals surface area contributed by atoms with Crippen molar-refractivity contribution in [3.05, 3.63) is 0 Å². The quantitative estimate of drug-likeness (QED) is 0.819. The summed E-state index contributed by atoms with van der Waals surface area (Å²) in [5.41, 5.74) is -1.16. The lowest BCUT2D eigenvalue weighted by molar-refractivity contribution is -0.144. The first-order valence-electron chi connectivity index (χ1n) is 8.30. The third-order valence-electron chi connectivity index (χ3n) is 5.11. The standard InChI is InChI=1S/C16H28N2O3/c1-3-10-16(2,14(19)20)17-15(21)18-11-6-9-13(18)12-7-4-5-8-12/h12-13H,3-11H2,1-2H3,(H,17,21)(H,19,20). The minimum Gasteiger partial charge on any atom is -0.480 e. The summed E-state index contributed by atoms with van der Waals surface area (Å²) in [6.07, 6.45) is 8.23. The van der Waals surface area contributed by atoms with Gasteiger partial charge in [0.25, 0.3) is 0 Å². The van der Waals surface area contributed by atoms with Gasteiger partial charge in [0, 0.05) is 12.6 Å². The Hall–Kier alpha value is -1.26. The largest absolute Gasteiger partial charge is 0.480 e. The molecule has 0 aromatic heterocycles. The van der Waals surface area contributed by atoms with Gasteiger partial charge >= 0.3 is 12.0 Å². The van der Waals surface area contributed by atoms with E-state index in [1.54, 1.807) is 6.92 Å². The smallest absolute Gasteiger partial charge is 0.329 e. The lowest BCUT2D eigenvalue weighted by Gasteiger charge is -2.33. The molecule has 1 saturated carbocycles. The van der Waals surface area contributed by atoms with Crippen LogP contribution in [0.25, 0.3) is 0 Å². The van der Waals surface area contributed by atoms with E-state index in [-0.39, 0.29) is 6.03 Å². The molecular formula is C16H28N2O3. The molecule has 120 valence electrons. The fourth-order valence-electron chi connectivity index (χ4n) is 3.91. The number of likely N-dealkylation sites (tertiary alicyclic amines) is 1. The minimum absolute atomic E-state index is 0.192. The number of carboxylic acids is 1. The molecule has 1 aliphatic heterocycles. The van der Waals surface area contributed by atoms with Crippen molar-refractivity contribution < 1.29 is 14.7 Å². The van der Waals surface area contributed by atoms with Crippen molar-refractivity contribution in [2.24, 2.45) is 5.92 Å². The molecule has 0 aromatic rings. The number of hydrogen-bond acceptors (Lipinski definition) is 2. The second kappa shape index (κ2) is 6.67. The molecule has 0 bridgehead atoms. The number of aliphatic carboxylic acids is 1. The summed E-state index contributed by atoms with van der Waals surface area (Å²) in [6, 6.07) is 0.120. The molecule has 2 N–H and O–H groups in total. The van der Waals surface area contributed by atoms with Crippen molar-refractivity contribution in [1.29, 1.82) is 0 Å². The van der Waals surface area contributed by atoms with E-state index >= 15 is 0 Å². The Labute approximate surface area is 127 Å². The van der Waals surface area contributed by atoms with E-state index in [1.165, 1.54) is 25.7 Å². The first kappa shape index (κ1) is 16.1. The Morgan fingerprint density at radius 3 is 2.48 bits per heavy atom. The van der Waals surface area contributed by atoms with E-state index in [0.29, 0.717) is 18.4 Å². The van der Waals surface area contributed by atoms with Crippen molar-refractivity contribution in [3.63, 3.8) is 0 Å². The third-order valence-corrected chi connectivity index (χ3v) is 5.11. The molecule has 2 amide bonds. The van der Waals surface area contributed by atoms with Crippen molar-refractivity contribution in [2.45, 2.75) is 76.8 Å². The van der Waals surface area contributed by atoms with E-state index in [2.05, 4.69) is 5.32 Å². The van der Waals surface area contributed by atoms with Crippen LogP contribution in [0.3, 0.4) is 0 Å². The highest BCUT2D eigenvalue weighted by molar-refractivity contribution is 5.86. The van der Waals surface area contributed by atoms with Gasteiger partial charge in [0.2, 0.25) is 0 Å². The normalized spacial score (nSPS) is 25.8. The van der Waals surface area contributed by atoms with E-state index in [1.807, 2.05) is 11.8 Å². The van der Waals surface area contributed by atoms with Gasteiger partial charge in [-0.15, -0.1) is 0 Å². The van der Waals surface area contributed by atoms with Crippen molar-refractivity contribution >= 4 is 12.0 Å². The molecule has 2 fully saturated rings. The zero-order valence-corrected chi connectivity index (χ0v) is 13.2. The van der Waals surface area contributed by atoms with Gasteiger partial charge in [-0.3, -0.25) is 0 Å². The summed E-state index contributed by atoms with van der Waals surface area (Å²) < 4.78 is 0. The average Bonchev–Trinajstić information content (AvgIpc) is 3.09. The summed E-state index contributed by atoms with van der Waals surface area (Å²) in [6.45, 7) is 4.30. The molecule has 1 aliphatic carbocycles. The van der Waals surface area contributed by atoms with Gasteiger partial charge in [-0.2, -0.15) is 0 Å². The predicted octanol–water partition coefficient (Wildman–Crippen LogP) is 2.99. The van der Waals surface area contributed by atoms with Gasteiger partial charge in [-0.05, 0) is 44.9 Å². The molecule has 2 aliphatic rings. The van der Waals surface area contributed by atoms with E-state index in [9.17, 15) is 14.7 Å². The summed E-state index contributed by atoms with van der Waals surface area (Å²) in [5.74, 6) is -0.338. The number of nitrogens with zero attached hydrogens (tertiary/aromatic N) is 1. The van der Waals surface area contributed by atoms with E-state index < -0.39 is 11.5 Å². The van der Waals surface area contributed by atoms with E-state index in [4.69, 9.17) is 0 Å². The lowest BCUT2D eigenvalue weighted by atomic mass is 9.95. The number of carbonyl (C=O) groups excluding carboxylic acids is 1. The molecule has 5 nitrogen and oxygen atoms in total. The van der Waals surface area contributed by atoms with Gasteiger partial charge in [0.05, 0.1) is 0 Å². The zero-order chi connectivity index (χ0) is 15.5. The van der Waals surface area contributed by atoms with E-state index in [0.717, 1.165) is 25.8 Å². The first-order chi connectivity index (χ1) is 9.98. The van der Waals surface area contributed by atoms with Crippen LogP contribution in [-0.4, -0.2) is 40.1 Å². The molecule has 0 spiro atoms. The molecule has 2 rings (SSSR count). The van der Waals surface area contributed by atoms with Crippen LogP contribution >= 0.6 is 0 Å². The molecule has 5 heteroatoms. The van der Waals surface area contributed by atoms with Gasteiger partial charge < -0.3 is 15.3 Å². The van der Waals surface area contributed by atoms with Gasteiger partial charge in [-0.1, -0.05) is 26.2 Å². The van der Waals surface area contributed by atoms with Crippen LogP contribution in [0.2, 0.25) is 0 Å². The van der Waals surface area contributed by atoms with Crippen molar-refractivity contribution in [3.8, 4) is 0 Å². The Balaban J connectivity index is 2.02. The number of carbonyl (C=O) groups is 2. The summed E-state index contributed by atoms with van der Waals surface area (Å²) in [4.78, 5) is 25.9. The summed E-state index contributed by atoms with van der Waals surface area (Å²) >= 11 is 0. The molecule has 21 heavy (non-hydrogen) atoms. The maximum absolute atomic E-state index is 12.6. The highest BCUT2D eigenvalue weighted by Gasteiger charge is 2.40. The Morgan fingerprint density at radius 2 is 1.90 bits per heavy atom. The maximum Gasteiger partial charge on any atom is 0.329 e. The molecule has 1 heterocycles. The molecule has 2 atom stereocenters. The zero-order valence-electron chi connectivity index (χ0n) is 13.2. The van der Waals surface area contributed by atoms with Crippen LogP contribution in [0.15, 0.2) is 0 Å². The fourth-order valence-corrected chi connectivity index (χ4v) is 3.91. The van der Waals surface area contributed by atoms with Crippen LogP contribution in [0, 0.1) is 5.92 Å². The Kier molecular flexibility index (Phi) is 5.12. The lowest BCUT2D eigenvalue weighted by Crippen LogP contribution is -2.57. The molecule has 2 unspecified atom stereocenters. The van der Waals surface area contributed by atoms with Gasteiger partial charge in [0.1, 0.15) is 5.54 Å². The highest BCUT2D eigenvalue weighted by atomic mass is 16.4. The number of carboxylic acid groups (broad SMARTS) is 1. The second-order valence-corrected chi connectivity index (χ2v) is 6.76. The maximum atomic E-state index is 12.6.